The highest BCUT2D eigenvalue weighted by atomic mass is 35.5. The van der Waals surface area contributed by atoms with Gasteiger partial charge in [-0.25, -0.2) is 13.8 Å². The second-order valence-corrected chi connectivity index (χ2v) is 6.62. The molecule has 1 unspecified atom stereocenters. The van der Waals surface area contributed by atoms with E-state index >= 15 is 0 Å². The van der Waals surface area contributed by atoms with Crippen molar-refractivity contribution in [2.24, 2.45) is 4.99 Å². The molecular weight excluding hydrogens is 340 g/mol. The molecule has 3 rings (SSSR count). The second-order valence-electron chi connectivity index (χ2n) is 5.09. The predicted molar refractivity (Wildman–Crippen MR) is 89.4 cm³/mol. The van der Waals surface area contributed by atoms with Crippen molar-refractivity contribution in [3.63, 3.8) is 0 Å². The summed E-state index contributed by atoms with van der Waals surface area (Å²) in [5, 5.41) is 0.691. The maximum atomic E-state index is 13.8. The quantitative estimate of drug-likeness (QED) is 0.726. The lowest BCUT2D eigenvalue weighted by atomic mass is 10.1. The summed E-state index contributed by atoms with van der Waals surface area (Å²) in [5.41, 5.74) is -0.186. The zero-order valence-electron chi connectivity index (χ0n) is 12.1. The zero-order chi connectivity index (χ0) is 16.2. The molecule has 0 aromatic heterocycles. The number of thioether (sulfide) groups is 1. The average molecular weight is 354 g/mol. The molecule has 0 saturated carbocycles. The normalized spacial score (nSPS) is 17.5. The molecule has 1 aliphatic rings. The fourth-order valence-corrected chi connectivity index (χ4v) is 3.32. The van der Waals surface area contributed by atoms with Gasteiger partial charge in [-0.2, -0.15) is 0 Å². The van der Waals surface area contributed by atoms with Gasteiger partial charge in [0.15, 0.2) is 0 Å². The topological polar surface area (TPSA) is 21.6 Å². The zero-order valence-corrected chi connectivity index (χ0v) is 13.7. The second kappa shape index (κ2) is 7.32. The van der Waals surface area contributed by atoms with Crippen LogP contribution in [0.25, 0.3) is 0 Å². The molecule has 0 radical (unpaired) electrons. The van der Waals surface area contributed by atoms with Gasteiger partial charge in [0, 0.05) is 22.1 Å². The highest BCUT2D eigenvalue weighted by Crippen LogP contribution is 2.25. The third-order valence-corrected chi connectivity index (χ3v) is 4.83. The van der Waals surface area contributed by atoms with E-state index in [9.17, 15) is 8.78 Å². The van der Waals surface area contributed by atoms with Crippen LogP contribution in [0.2, 0.25) is 5.02 Å². The number of aliphatic imine (C=N–C) groups is 1. The van der Waals surface area contributed by atoms with Crippen LogP contribution in [0.3, 0.4) is 0 Å². The molecule has 1 atom stereocenters. The molecule has 0 saturated heterocycles. The number of rotatable bonds is 4. The number of hydrogen-bond donors (Lipinski definition) is 0. The van der Waals surface area contributed by atoms with Crippen molar-refractivity contribution in [2.75, 3.05) is 12.4 Å². The lowest BCUT2D eigenvalue weighted by Gasteiger charge is -2.21. The summed E-state index contributed by atoms with van der Waals surface area (Å²) in [6, 6.07) is 11.2. The van der Waals surface area contributed by atoms with E-state index in [4.69, 9.17) is 16.3 Å². The molecule has 23 heavy (non-hydrogen) atoms. The van der Waals surface area contributed by atoms with Crippen molar-refractivity contribution in [1.82, 2.24) is 0 Å². The first-order chi connectivity index (χ1) is 11.1. The number of halogens is 3. The average Bonchev–Trinajstić information content (AvgIpc) is 2.55. The smallest absolute Gasteiger partial charge is 0.222 e. The Bertz CT molecular complexity index is 701. The molecule has 2 aromatic rings. The third-order valence-electron chi connectivity index (χ3n) is 3.42. The Morgan fingerprint density at radius 3 is 2.52 bits per heavy atom. The third kappa shape index (κ3) is 4.03. The molecule has 2 aromatic carbocycles. The summed E-state index contributed by atoms with van der Waals surface area (Å²) in [5.74, 6) is -0.553. The van der Waals surface area contributed by atoms with E-state index in [1.54, 1.807) is 11.8 Å². The highest BCUT2D eigenvalue weighted by molar-refractivity contribution is 7.99. The van der Waals surface area contributed by atoms with Gasteiger partial charge >= 0.3 is 0 Å². The summed E-state index contributed by atoms with van der Waals surface area (Å²) in [7, 11) is 0. The molecular formula is C17H14ClF2NOS. The van der Waals surface area contributed by atoms with Gasteiger partial charge in [0.25, 0.3) is 0 Å². The van der Waals surface area contributed by atoms with Crippen molar-refractivity contribution in [3.05, 3.63) is 64.7 Å². The van der Waals surface area contributed by atoms with Gasteiger partial charge < -0.3 is 4.74 Å². The van der Waals surface area contributed by atoms with Crippen LogP contribution >= 0.6 is 23.4 Å². The standard InChI is InChI=1S/C17H14ClF2NOS/c18-11-4-6-13(7-5-11)23-10-12-8-9-22-17(21-12)16-14(19)2-1-3-15(16)20/h1-7,12H,8-10H2. The molecule has 120 valence electrons. The maximum absolute atomic E-state index is 13.8. The summed E-state index contributed by atoms with van der Waals surface area (Å²) < 4.78 is 33.0. The van der Waals surface area contributed by atoms with Crippen molar-refractivity contribution in [1.29, 1.82) is 0 Å². The molecule has 6 heteroatoms. The van der Waals surface area contributed by atoms with E-state index < -0.39 is 11.6 Å². The Labute approximate surface area is 142 Å². The minimum atomic E-state index is -0.658. The Morgan fingerprint density at radius 1 is 1.13 bits per heavy atom. The van der Waals surface area contributed by atoms with E-state index in [0.29, 0.717) is 17.4 Å². The monoisotopic (exact) mass is 353 g/mol. The highest BCUT2D eigenvalue weighted by Gasteiger charge is 2.22. The van der Waals surface area contributed by atoms with E-state index in [-0.39, 0.29) is 17.5 Å². The molecule has 0 fully saturated rings. The molecule has 0 bridgehead atoms. The van der Waals surface area contributed by atoms with E-state index in [2.05, 4.69) is 4.99 Å². The maximum Gasteiger partial charge on any atom is 0.222 e. The molecule has 0 aliphatic carbocycles. The van der Waals surface area contributed by atoms with Crippen LogP contribution in [-0.4, -0.2) is 24.3 Å². The van der Waals surface area contributed by atoms with Crippen LogP contribution in [0.5, 0.6) is 0 Å². The molecule has 1 heterocycles. The summed E-state index contributed by atoms with van der Waals surface area (Å²) >= 11 is 7.49. The lowest BCUT2D eigenvalue weighted by molar-refractivity contribution is 0.264. The van der Waals surface area contributed by atoms with Gasteiger partial charge in [-0.05, 0) is 36.4 Å². The minimum Gasteiger partial charge on any atom is -0.477 e. The van der Waals surface area contributed by atoms with Crippen LogP contribution in [0.15, 0.2) is 52.4 Å². The Hall–Kier alpha value is -1.59. The van der Waals surface area contributed by atoms with Gasteiger partial charge in [0.05, 0.1) is 12.6 Å². The molecule has 0 spiro atoms. The first-order valence-corrected chi connectivity index (χ1v) is 8.53. The molecule has 1 aliphatic heterocycles. The Balaban J connectivity index is 1.73. The predicted octanol–water partition coefficient (Wildman–Crippen LogP) is 4.95. The Kier molecular flexibility index (Phi) is 5.18. The number of hydrogen-bond acceptors (Lipinski definition) is 3. The fraction of sp³-hybridized carbons (Fsp3) is 0.235. The molecule has 0 N–H and O–H groups in total. The van der Waals surface area contributed by atoms with Crippen molar-refractivity contribution < 1.29 is 13.5 Å². The van der Waals surface area contributed by atoms with Crippen LogP contribution in [-0.2, 0) is 4.74 Å². The molecule has 2 nitrogen and oxygen atoms in total. The Morgan fingerprint density at radius 2 is 1.83 bits per heavy atom. The van der Waals surface area contributed by atoms with Gasteiger partial charge in [-0.1, -0.05) is 17.7 Å². The summed E-state index contributed by atoms with van der Waals surface area (Å²) in [6.45, 7) is 0.401. The number of benzene rings is 2. The first-order valence-electron chi connectivity index (χ1n) is 7.17. The van der Waals surface area contributed by atoms with Crippen molar-refractivity contribution in [3.8, 4) is 0 Å². The summed E-state index contributed by atoms with van der Waals surface area (Å²) in [4.78, 5) is 5.45. The van der Waals surface area contributed by atoms with Gasteiger partial charge in [-0.3, -0.25) is 0 Å². The lowest BCUT2D eigenvalue weighted by Crippen LogP contribution is -2.25. The minimum absolute atomic E-state index is 0.0431. The largest absolute Gasteiger partial charge is 0.477 e. The SMILES string of the molecule is Fc1cccc(F)c1C1=NC(CSc2ccc(Cl)cc2)CCO1. The fourth-order valence-electron chi connectivity index (χ4n) is 2.24. The van der Waals surface area contributed by atoms with Crippen LogP contribution in [0.4, 0.5) is 8.78 Å². The van der Waals surface area contributed by atoms with Crippen molar-refractivity contribution >= 4 is 29.3 Å². The van der Waals surface area contributed by atoms with Crippen LogP contribution in [0, 0.1) is 11.6 Å². The van der Waals surface area contributed by atoms with Gasteiger partial charge in [-0.15, -0.1) is 11.8 Å². The summed E-state index contributed by atoms with van der Waals surface area (Å²) in [6.07, 6.45) is 0.722. The van der Waals surface area contributed by atoms with Gasteiger partial charge in [0.1, 0.15) is 17.2 Å². The molecule has 0 amide bonds. The van der Waals surface area contributed by atoms with Crippen LogP contribution < -0.4 is 0 Å². The number of nitrogens with zero attached hydrogens (tertiary/aromatic N) is 1. The number of ether oxygens (including phenoxy) is 1. The van der Waals surface area contributed by atoms with Gasteiger partial charge in [0.2, 0.25) is 5.90 Å². The van der Waals surface area contributed by atoms with Crippen molar-refractivity contribution in [2.45, 2.75) is 17.4 Å². The van der Waals surface area contributed by atoms with Crippen LogP contribution in [0.1, 0.15) is 12.0 Å². The first kappa shape index (κ1) is 16.3. The van der Waals surface area contributed by atoms with E-state index in [1.807, 2.05) is 24.3 Å². The van der Waals surface area contributed by atoms with E-state index in [0.717, 1.165) is 11.3 Å². The van der Waals surface area contributed by atoms with E-state index in [1.165, 1.54) is 18.2 Å².